The average Bonchev–Trinajstić information content (AvgIpc) is 2.92. The highest BCUT2D eigenvalue weighted by atomic mass is 32.2. The summed E-state index contributed by atoms with van der Waals surface area (Å²) in [6, 6.07) is 4.72. The van der Waals surface area contributed by atoms with E-state index in [9.17, 15) is 22.7 Å². The van der Waals surface area contributed by atoms with Gasteiger partial charge < -0.3 is 10.0 Å². The molecule has 0 aliphatic carbocycles. The molecule has 2 heterocycles. The molecule has 1 aromatic heterocycles. The Bertz CT molecular complexity index is 987. The van der Waals surface area contributed by atoms with Gasteiger partial charge in [-0.2, -0.15) is 0 Å². The normalized spacial score (nSPS) is 15.1. The van der Waals surface area contributed by atoms with E-state index in [0.29, 0.717) is 24.5 Å². The molecule has 1 aromatic carbocycles. The van der Waals surface area contributed by atoms with Crippen molar-refractivity contribution in [1.29, 1.82) is 0 Å². The minimum atomic E-state index is -4.09. The number of hydrogen-bond acceptors (Lipinski definition) is 5. The van der Waals surface area contributed by atoms with E-state index in [-0.39, 0.29) is 16.1 Å². The van der Waals surface area contributed by atoms with Crippen molar-refractivity contribution in [2.24, 2.45) is 0 Å². The molecule has 0 atom stereocenters. The van der Waals surface area contributed by atoms with Gasteiger partial charge in [0.2, 0.25) is 0 Å². The zero-order chi connectivity index (χ0) is 20.3. The van der Waals surface area contributed by atoms with Gasteiger partial charge in [-0.1, -0.05) is 18.9 Å². The number of benzene rings is 1. The number of nitrogens with one attached hydrogen (secondary N) is 1. The first-order valence-corrected chi connectivity index (χ1v) is 10.5. The predicted octanol–water partition coefficient (Wildman–Crippen LogP) is 3.41. The highest BCUT2D eigenvalue weighted by Crippen LogP contribution is 2.26. The lowest BCUT2D eigenvalue weighted by Crippen LogP contribution is -2.27. The molecule has 9 heteroatoms. The molecule has 2 N–H and O–H groups in total. The Hall–Kier alpha value is -2.68. The molecule has 1 aliphatic rings. The van der Waals surface area contributed by atoms with E-state index in [1.54, 1.807) is 6.92 Å². The molecule has 0 unspecified atom stereocenters. The molecule has 0 radical (unpaired) electrons. The van der Waals surface area contributed by atoms with Crippen molar-refractivity contribution in [3.63, 3.8) is 0 Å². The van der Waals surface area contributed by atoms with Crippen molar-refractivity contribution < 1.29 is 22.7 Å². The summed E-state index contributed by atoms with van der Waals surface area (Å²) in [7, 11) is -4.09. The first-order chi connectivity index (χ1) is 13.3. The molecule has 1 aliphatic heterocycles. The van der Waals surface area contributed by atoms with Gasteiger partial charge in [0.25, 0.3) is 10.0 Å². The van der Waals surface area contributed by atoms with E-state index in [0.717, 1.165) is 31.7 Å². The Labute approximate surface area is 163 Å². The average molecular weight is 407 g/mol. The maximum absolute atomic E-state index is 13.5. The van der Waals surface area contributed by atoms with Crippen molar-refractivity contribution >= 4 is 27.5 Å². The van der Waals surface area contributed by atoms with E-state index < -0.39 is 21.8 Å². The van der Waals surface area contributed by atoms with E-state index in [4.69, 9.17) is 0 Å². The summed E-state index contributed by atoms with van der Waals surface area (Å²) >= 11 is 0. The van der Waals surface area contributed by atoms with Crippen molar-refractivity contribution in [2.45, 2.75) is 37.5 Å². The van der Waals surface area contributed by atoms with Crippen molar-refractivity contribution in [3.8, 4) is 0 Å². The second-order valence-electron chi connectivity index (χ2n) is 6.82. The van der Waals surface area contributed by atoms with Crippen LogP contribution in [-0.4, -0.2) is 37.6 Å². The summed E-state index contributed by atoms with van der Waals surface area (Å²) in [5.74, 6) is -1.53. The third kappa shape index (κ3) is 4.41. The smallest absolute Gasteiger partial charge is 0.339 e. The van der Waals surface area contributed by atoms with Gasteiger partial charge in [-0.15, -0.1) is 0 Å². The molecule has 1 saturated heterocycles. The maximum atomic E-state index is 13.5. The second kappa shape index (κ2) is 8.14. The largest absolute Gasteiger partial charge is 0.478 e. The fourth-order valence-corrected chi connectivity index (χ4v) is 4.57. The number of aromatic nitrogens is 1. The Balaban J connectivity index is 1.93. The number of anilines is 2. The molecule has 28 heavy (non-hydrogen) atoms. The first-order valence-electron chi connectivity index (χ1n) is 9.05. The lowest BCUT2D eigenvalue weighted by molar-refractivity contribution is 0.0697. The number of nitrogens with zero attached hydrogens (tertiary/aromatic N) is 2. The summed E-state index contributed by atoms with van der Waals surface area (Å²) < 4.78 is 41.0. The number of sulfonamides is 1. The van der Waals surface area contributed by atoms with Crippen LogP contribution in [0, 0.1) is 12.7 Å². The van der Waals surface area contributed by atoms with Crippen LogP contribution >= 0.6 is 0 Å². The SMILES string of the molecule is Cc1ccc(F)cc1S(=O)(=O)Nc1cnc(N2CCCCCC2)c(C(=O)O)c1. The third-order valence-electron chi connectivity index (χ3n) is 4.69. The molecule has 2 aromatic rings. The molecule has 7 nitrogen and oxygen atoms in total. The van der Waals surface area contributed by atoms with Gasteiger partial charge in [0, 0.05) is 13.1 Å². The second-order valence-corrected chi connectivity index (χ2v) is 8.47. The minimum absolute atomic E-state index is 0.0135. The van der Waals surface area contributed by atoms with Gasteiger partial charge in [-0.3, -0.25) is 4.72 Å². The van der Waals surface area contributed by atoms with E-state index in [1.807, 2.05) is 4.90 Å². The Morgan fingerprint density at radius 3 is 2.50 bits per heavy atom. The van der Waals surface area contributed by atoms with E-state index in [2.05, 4.69) is 9.71 Å². The molecule has 0 amide bonds. The first kappa shape index (κ1) is 20.1. The number of halogens is 1. The van der Waals surface area contributed by atoms with Crippen LogP contribution in [0.5, 0.6) is 0 Å². The Morgan fingerprint density at radius 1 is 1.18 bits per heavy atom. The molecule has 1 fully saturated rings. The van der Waals surface area contributed by atoms with Crippen LogP contribution in [0.3, 0.4) is 0 Å². The van der Waals surface area contributed by atoms with Crippen LogP contribution in [-0.2, 0) is 10.0 Å². The third-order valence-corrected chi connectivity index (χ3v) is 6.22. The number of pyridine rings is 1. The van der Waals surface area contributed by atoms with Crippen LogP contribution < -0.4 is 9.62 Å². The van der Waals surface area contributed by atoms with Gasteiger partial charge in [0.1, 0.15) is 17.2 Å². The lowest BCUT2D eigenvalue weighted by Gasteiger charge is -2.23. The standard InChI is InChI=1S/C19H22FN3O4S/c1-13-6-7-14(20)10-17(13)28(26,27)22-15-11-16(19(24)25)18(21-12-15)23-8-4-2-3-5-9-23/h6-7,10-12,22H,2-5,8-9H2,1H3,(H,24,25). The molecule has 0 bridgehead atoms. The minimum Gasteiger partial charge on any atom is -0.478 e. The topological polar surface area (TPSA) is 99.6 Å². The van der Waals surface area contributed by atoms with Crippen LogP contribution in [0.4, 0.5) is 15.9 Å². The number of carboxylic acids is 1. The van der Waals surface area contributed by atoms with Gasteiger partial charge >= 0.3 is 5.97 Å². The maximum Gasteiger partial charge on any atom is 0.339 e. The van der Waals surface area contributed by atoms with Crippen LogP contribution in [0.25, 0.3) is 0 Å². The molecule has 0 spiro atoms. The van der Waals surface area contributed by atoms with Crippen LogP contribution in [0.2, 0.25) is 0 Å². The number of aromatic carboxylic acids is 1. The number of carbonyl (C=O) groups is 1. The quantitative estimate of drug-likeness (QED) is 0.788. The zero-order valence-electron chi connectivity index (χ0n) is 15.5. The van der Waals surface area contributed by atoms with E-state index in [1.165, 1.54) is 24.4 Å². The number of rotatable bonds is 5. The number of hydrogen-bond donors (Lipinski definition) is 2. The van der Waals surface area contributed by atoms with Crippen molar-refractivity contribution in [1.82, 2.24) is 4.98 Å². The monoisotopic (exact) mass is 407 g/mol. The summed E-state index contributed by atoms with van der Waals surface area (Å²) in [6.07, 6.45) is 5.37. The Kier molecular flexibility index (Phi) is 5.83. The molecule has 0 saturated carbocycles. The van der Waals surface area contributed by atoms with Crippen molar-refractivity contribution in [2.75, 3.05) is 22.7 Å². The predicted molar refractivity (Wildman–Crippen MR) is 104 cm³/mol. The molecule has 150 valence electrons. The zero-order valence-corrected chi connectivity index (χ0v) is 16.3. The van der Waals surface area contributed by atoms with E-state index >= 15 is 0 Å². The lowest BCUT2D eigenvalue weighted by atomic mass is 10.2. The summed E-state index contributed by atoms with van der Waals surface area (Å²) in [5, 5.41) is 9.59. The number of carboxylic acid groups (broad SMARTS) is 1. The Morgan fingerprint density at radius 2 is 1.86 bits per heavy atom. The van der Waals surface area contributed by atoms with Gasteiger partial charge in [0.05, 0.1) is 16.8 Å². The summed E-state index contributed by atoms with van der Waals surface area (Å²) in [6.45, 7) is 2.97. The number of aryl methyl sites for hydroxylation is 1. The highest BCUT2D eigenvalue weighted by Gasteiger charge is 2.22. The van der Waals surface area contributed by atoms with Crippen LogP contribution in [0.15, 0.2) is 35.4 Å². The van der Waals surface area contributed by atoms with Gasteiger partial charge in [-0.25, -0.2) is 22.6 Å². The highest BCUT2D eigenvalue weighted by molar-refractivity contribution is 7.92. The molecular formula is C19H22FN3O4S. The van der Waals surface area contributed by atoms with Gasteiger partial charge in [0.15, 0.2) is 0 Å². The molecular weight excluding hydrogens is 385 g/mol. The summed E-state index contributed by atoms with van der Waals surface area (Å²) in [4.78, 5) is 17.7. The molecule has 3 rings (SSSR count). The summed E-state index contributed by atoms with van der Waals surface area (Å²) in [5.41, 5.74) is 0.319. The fraction of sp³-hybridized carbons (Fsp3) is 0.368. The fourth-order valence-electron chi connectivity index (χ4n) is 3.28. The van der Waals surface area contributed by atoms with Gasteiger partial charge in [-0.05, 0) is 43.5 Å². The van der Waals surface area contributed by atoms with Crippen LogP contribution in [0.1, 0.15) is 41.6 Å². The van der Waals surface area contributed by atoms with Crippen molar-refractivity contribution in [3.05, 3.63) is 47.4 Å².